The van der Waals surface area contributed by atoms with Gasteiger partial charge in [-0.2, -0.15) is 0 Å². The van der Waals surface area contributed by atoms with Crippen molar-refractivity contribution >= 4 is 11.8 Å². The monoisotopic (exact) mass is 341 g/mol. The Hall–Kier alpha value is -2.66. The highest BCUT2D eigenvalue weighted by molar-refractivity contribution is 5.79. The summed E-state index contributed by atoms with van der Waals surface area (Å²) in [7, 11) is 0. The van der Waals surface area contributed by atoms with Crippen LogP contribution in [-0.4, -0.2) is 17.9 Å². The number of nitrogens with one attached hydrogen (secondary N) is 1. The Balaban J connectivity index is 0.000000251. The molecule has 5 N–H and O–H groups in total. The molecule has 5 heteroatoms. The lowest BCUT2D eigenvalue weighted by Gasteiger charge is -2.06. The molecule has 134 valence electrons. The molecule has 0 saturated heterocycles. The first-order valence-electron chi connectivity index (χ1n) is 8.42. The van der Waals surface area contributed by atoms with Crippen LogP contribution in [0.3, 0.4) is 0 Å². The molecule has 0 aromatic heterocycles. The van der Waals surface area contributed by atoms with Crippen molar-refractivity contribution in [2.75, 3.05) is 0 Å². The second kappa shape index (κ2) is 11.8. The number of amides is 2. The van der Waals surface area contributed by atoms with E-state index in [-0.39, 0.29) is 5.91 Å². The number of nitrogens with two attached hydrogens (primary N) is 2. The Morgan fingerprint density at radius 3 is 1.96 bits per heavy atom. The standard InChI is InChI=1S/C10H14N2O.C10H13NO/c11-9(10(12)13)7-6-8-4-2-1-3-5-8;1-2-10(12)11-8-9-6-4-3-5-7-9/h1-5,9H,6-7,11H2,(H2,12,13);3-7H,2,8H2,1H3,(H,11,12)/t9-;/m1./s1. The van der Waals surface area contributed by atoms with E-state index in [0.29, 0.717) is 19.4 Å². The molecule has 25 heavy (non-hydrogen) atoms. The van der Waals surface area contributed by atoms with E-state index in [1.54, 1.807) is 0 Å². The molecule has 0 aliphatic carbocycles. The highest BCUT2D eigenvalue weighted by Gasteiger charge is 2.08. The van der Waals surface area contributed by atoms with Gasteiger partial charge in [0.2, 0.25) is 11.8 Å². The molecule has 2 aromatic rings. The van der Waals surface area contributed by atoms with Gasteiger partial charge in [-0.15, -0.1) is 0 Å². The molecule has 0 saturated carbocycles. The van der Waals surface area contributed by atoms with Crippen molar-refractivity contribution in [1.82, 2.24) is 5.32 Å². The van der Waals surface area contributed by atoms with Gasteiger partial charge in [0.25, 0.3) is 0 Å². The molecular formula is C20H27N3O2. The molecule has 0 aliphatic rings. The highest BCUT2D eigenvalue weighted by atomic mass is 16.2. The largest absolute Gasteiger partial charge is 0.368 e. The molecule has 0 radical (unpaired) electrons. The summed E-state index contributed by atoms with van der Waals surface area (Å²) in [5, 5.41) is 2.81. The number of carbonyl (C=O) groups excluding carboxylic acids is 2. The minimum atomic E-state index is -0.528. The van der Waals surface area contributed by atoms with E-state index in [0.717, 1.165) is 12.0 Å². The third-order valence-electron chi connectivity index (χ3n) is 3.61. The van der Waals surface area contributed by atoms with Gasteiger partial charge in [0.1, 0.15) is 0 Å². The predicted molar refractivity (Wildman–Crippen MR) is 101 cm³/mol. The maximum absolute atomic E-state index is 10.9. The Bertz CT molecular complexity index is 630. The zero-order valence-corrected chi connectivity index (χ0v) is 14.7. The Kier molecular flexibility index (Phi) is 9.63. The van der Waals surface area contributed by atoms with Crippen LogP contribution in [0.1, 0.15) is 30.9 Å². The predicted octanol–water partition coefficient (Wildman–Crippen LogP) is 2.14. The van der Waals surface area contributed by atoms with E-state index in [9.17, 15) is 9.59 Å². The van der Waals surface area contributed by atoms with Gasteiger partial charge in [0.05, 0.1) is 6.04 Å². The molecule has 0 aliphatic heterocycles. The van der Waals surface area contributed by atoms with Gasteiger partial charge in [0.15, 0.2) is 0 Å². The summed E-state index contributed by atoms with van der Waals surface area (Å²) in [6.07, 6.45) is 1.96. The molecule has 0 bridgehead atoms. The van der Waals surface area contributed by atoms with Crippen LogP contribution in [0.4, 0.5) is 0 Å². The van der Waals surface area contributed by atoms with Crippen molar-refractivity contribution in [3.63, 3.8) is 0 Å². The molecule has 0 heterocycles. The normalized spacial score (nSPS) is 11.0. The van der Waals surface area contributed by atoms with E-state index in [4.69, 9.17) is 11.5 Å². The number of hydrogen-bond acceptors (Lipinski definition) is 3. The summed E-state index contributed by atoms with van der Waals surface area (Å²) >= 11 is 0. The average Bonchev–Trinajstić information content (AvgIpc) is 2.66. The number of rotatable bonds is 7. The first kappa shape index (κ1) is 20.4. The third kappa shape index (κ3) is 9.27. The summed E-state index contributed by atoms with van der Waals surface area (Å²) < 4.78 is 0. The van der Waals surface area contributed by atoms with Gasteiger partial charge in [-0.3, -0.25) is 9.59 Å². The fourth-order valence-electron chi connectivity index (χ4n) is 2.03. The van der Waals surface area contributed by atoms with E-state index >= 15 is 0 Å². The second-order valence-corrected chi connectivity index (χ2v) is 5.65. The van der Waals surface area contributed by atoms with E-state index in [2.05, 4.69) is 5.32 Å². The highest BCUT2D eigenvalue weighted by Crippen LogP contribution is 2.03. The summed E-state index contributed by atoms with van der Waals surface area (Å²) in [6.45, 7) is 2.48. The van der Waals surface area contributed by atoms with Crippen LogP contribution in [0.5, 0.6) is 0 Å². The summed E-state index contributed by atoms with van der Waals surface area (Å²) in [5.74, 6) is -0.338. The molecule has 5 nitrogen and oxygen atoms in total. The summed E-state index contributed by atoms with van der Waals surface area (Å²) in [4.78, 5) is 21.5. The molecule has 0 unspecified atom stereocenters. The Labute approximate surface area is 149 Å². The summed E-state index contributed by atoms with van der Waals surface area (Å²) in [6, 6.07) is 19.3. The lowest BCUT2D eigenvalue weighted by Crippen LogP contribution is -2.36. The average molecular weight is 341 g/mol. The first-order valence-corrected chi connectivity index (χ1v) is 8.42. The van der Waals surface area contributed by atoms with E-state index in [1.165, 1.54) is 5.56 Å². The van der Waals surface area contributed by atoms with Gasteiger partial charge in [-0.25, -0.2) is 0 Å². The number of carbonyl (C=O) groups is 2. The number of primary amides is 1. The SMILES string of the molecule is CCC(=O)NCc1ccccc1.NC(=O)[C@H](N)CCc1ccccc1. The number of hydrogen-bond donors (Lipinski definition) is 3. The van der Waals surface area contributed by atoms with Crippen molar-refractivity contribution in [3.8, 4) is 0 Å². The molecule has 2 aromatic carbocycles. The maximum Gasteiger partial charge on any atom is 0.234 e. The zero-order valence-electron chi connectivity index (χ0n) is 14.7. The third-order valence-corrected chi connectivity index (χ3v) is 3.61. The quantitative estimate of drug-likeness (QED) is 0.719. The van der Waals surface area contributed by atoms with E-state index < -0.39 is 11.9 Å². The lowest BCUT2D eigenvalue weighted by atomic mass is 10.1. The van der Waals surface area contributed by atoms with Crippen LogP contribution in [0.2, 0.25) is 0 Å². The number of benzene rings is 2. The van der Waals surface area contributed by atoms with Crippen LogP contribution in [-0.2, 0) is 22.6 Å². The van der Waals surface area contributed by atoms with Crippen molar-refractivity contribution in [1.29, 1.82) is 0 Å². The lowest BCUT2D eigenvalue weighted by molar-refractivity contribution is -0.121. The fourth-order valence-corrected chi connectivity index (χ4v) is 2.03. The second-order valence-electron chi connectivity index (χ2n) is 5.65. The molecule has 2 rings (SSSR count). The Morgan fingerprint density at radius 2 is 1.48 bits per heavy atom. The van der Waals surface area contributed by atoms with Crippen molar-refractivity contribution < 1.29 is 9.59 Å². The van der Waals surface area contributed by atoms with Crippen LogP contribution in [0.15, 0.2) is 60.7 Å². The molecule has 2 amide bonds. The van der Waals surface area contributed by atoms with Crippen LogP contribution in [0.25, 0.3) is 0 Å². The smallest absolute Gasteiger partial charge is 0.234 e. The maximum atomic E-state index is 10.9. The molecule has 0 fully saturated rings. The topological polar surface area (TPSA) is 98.2 Å². The van der Waals surface area contributed by atoms with Crippen LogP contribution in [0, 0.1) is 0 Å². The van der Waals surface area contributed by atoms with Crippen molar-refractivity contribution in [3.05, 3.63) is 71.8 Å². The minimum absolute atomic E-state index is 0.0962. The van der Waals surface area contributed by atoms with Gasteiger partial charge in [-0.1, -0.05) is 67.6 Å². The van der Waals surface area contributed by atoms with Gasteiger partial charge >= 0.3 is 0 Å². The van der Waals surface area contributed by atoms with Gasteiger partial charge in [-0.05, 0) is 24.0 Å². The van der Waals surface area contributed by atoms with Gasteiger partial charge < -0.3 is 16.8 Å². The van der Waals surface area contributed by atoms with Gasteiger partial charge in [0, 0.05) is 13.0 Å². The molecule has 1 atom stereocenters. The first-order chi connectivity index (χ1) is 12.0. The molecular weight excluding hydrogens is 314 g/mol. The minimum Gasteiger partial charge on any atom is -0.368 e. The Morgan fingerprint density at radius 1 is 0.960 bits per heavy atom. The zero-order chi connectivity index (χ0) is 18.5. The van der Waals surface area contributed by atoms with Crippen molar-refractivity contribution in [2.24, 2.45) is 11.5 Å². The fraction of sp³-hybridized carbons (Fsp3) is 0.300. The van der Waals surface area contributed by atoms with Crippen molar-refractivity contribution in [2.45, 2.75) is 38.8 Å². The summed E-state index contributed by atoms with van der Waals surface area (Å²) in [5.41, 5.74) is 12.8. The number of aryl methyl sites for hydroxylation is 1. The van der Waals surface area contributed by atoms with Crippen LogP contribution < -0.4 is 16.8 Å². The van der Waals surface area contributed by atoms with E-state index in [1.807, 2.05) is 67.6 Å². The van der Waals surface area contributed by atoms with Crippen LogP contribution >= 0.6 is 0 Å². The molecule has 0 spiro atoms.